The molecule has 64 valence electrons. The Kier molecular flexibility index (Phi) is 2.43. The Morgan fingerprint density at radius 1 is 1.58 bits per heavy atom. The molecular formula is C9H12N2O. The van der Waals surface area contributed by atoms with E-state index in [0.29, 0.717) is 5.69 Å². The number of hydrogen-bond donors (Lipinski definition) is 0. The van der Waals surface area contributed by atoms with Crippen LogP contribution in [0.25, 0.3) is 0 Å². The van der Waals surface area contributed by atoms with Gasteiger partial charge in [0.1, 0.15) is 5.69 Å². The minimum atomic E-state index is 0.00926. The molecule has 1 aromatic rings. The summed E-state index contributed by atoms with van der Waals surface area (Å²) in [4.78, 5) is 11.4. The van der Waals surface area contributed by atoms with Gasteiger partial charge in [-0.05, 0) is 26.0 Å². The van der Waals surface area contributed by atoms with Crippen molar-refractivity contribution in [3.05, 3.63) is 29.6 Å². The van der Waals surface area contributed by atoms with Crippen molar-refractivity contribution < 1.29 is 4.79 Å². The Balaban J connectivity index is 2.93. The Bertz CT molecular complexity index is 319. The zero-order valence-corrected chi connectivity index (χ0v) is 7.53. The highest BCUT2D eigenvalue weighted by molar-refractivity contribution is 6.03. The first-order valence-corrected chi connectivity index (χ1v) is 3.78. The molecule has 0 bridgehead atoms. The van der Waals surface area contributed by atoms with Gasteiger partial charge in [0.2, 0.25) is 5.78 Å². The molecule has 0 unspecified atom stereocenters. The van der Waals surface area contributed by atoms with Crippen molar-refractivity contribution in [2.75, 3.05) is 0 Å². The second-order valence-corrected chi connectivity index (χ2v) is 2.93. The lowest BCUT2D eigenvalue weighted by Crippen LogP contribution is -2.04. The SMILES string of the molecule is CC(C)=CC(=O)c1ccnn1C. The second kappa shape index (κ2) is 3.34. The van der Waals surface area contributed by atoms with Gasteiger partial charge >= 0.3 is 0 Å². The molecule has 3 heteroatoms. The van der Waals surface area contributed by atoms with Crippen molar-refractivity contribution >= 4 is 5.78 Å². The number of allylic oxidation sites excluding steroid dienone is 2. The summed E-state index contributed by atoms with van der Waals surface area (Å²) < 4.78 is 1.57. The average molecular weight is 164 g/mol. The minimum absolute atomic E-state index is 0.00926. The van der Waals surface area contributed by atoms with Gasteiger partial charge in [0.25, 0.3) is 0 Å². The average Bonchev–Trinajstić information content (AvgIpc) is 2.33. The first kappa shape index (κ1) is 8.71. The van der Waals surface area contributed by atoms with Gasteiger partial charge in [0, 0.05) is 13.2 Å². The van der Waals surface area contributed by atoms with Gasteiger partial charge < -0.3 is 0 Å². The molecule has 1 aromatic heterocycles. The topological polar surface area (TPSA) is 34.9 Å². The Morgan fingerprint density at radius 2 is 2.25 bits per heavy atom. The first-order chi connectivity index (χ1) is 5.61. The first-order valence-electron chi connectivity index (χ1n) is 3.78. The fraction of sp³-hybridized carbons (Fsp3) is 0.333. The summed E-state index contributed by atoms with van der Waals surface area (Å²) in [6, 6.07) is 1.71. The predicted octanol–water partition coefficient (Wildman–Crippen LogP) is 1.57. The van der Waals surface area contributed by atoms with Gasteiger partial charge in [-0.3, -0.25) is 9.48 Å². The van der Waals surface area contributed by atoms with Crippen molar-refractivity contribution in [3.8, 4) is 0 Å². The largest absolute Gasteiger partial charge is 0.288 e. The maximum atomic E-state index is 11.4. The third-order valence-corrected chi connectivity index (χ3v) is 1.49. The molecule has 0 aromatic carbocycles. The standard InChI is InChI=1S/C9H12N2O/c1-7(2)6-9(12)8-4-5-10-11(8)3/h4-6H,1-3H3. The summed E-state index contributed by atoms with van der Waals surface area (Å²) in [5, 5.41) is 3.91. The summed E-state index contributed by atoms with van der Waals surface area (Å²) in [6.07, 6.45) is 3.23. The lowest BCUT2D eigenvalue weighted by molar-refractivity contribution is 0.103. The van der Waals surface area contributed by atoms with E-state index in [1.807, 2.05) is 13.8 Å². The van der Waals surface area contributed by atoms with E-state index in [9.17, 15) is 4.79 Å². The zero-order valence-electron chi connectivity index (χ0n) is 7.53. The van der Waals surface area contributed by atoms with Crippen LogP contribution in [0.1, 0.15) is 24.3 Å². The van der Waals surface area contributed by atoms with Crippen LogP contribution in [0.2, 0.25) is 0 Å². The second-order valence-electron chi connectivity index (χ2n) is 2.93. The van der Waals surface area contributed by atoms with E-state index in [1.54, 1.807) is 30.1 Å². The van der Waals surface area contributed by atoms with Crippen LogP contribution in [-0.4, -0.2) is 15.6 Å². The molecule has 1 heterocycles. The maximum Gasteiger partial charge on any atom is 0.203 e. The number of aryl methyl sites for hydroxylation is 1. The number of carbonyl (C=O) groups is 1. The van der Waals surface area contributed by atoms with Crippen LogP contribution < -0.4 is 0 Å². The molecule has 0 N–H and O–H groups in total. The molecule has 0 aliphatic heterocycles. The molecule has 0 spiro atoms. The fourth-order valence-corrected chi connectivity index (χ4v) is 0.952. The predicted molar refractivity (Wildman–Crippen MR) is 47.0 cm³/mol. The van der Waals surface area contributed by atoms with Gasteiger partial charge in [-0.1, -0.05) is 5.57 Å². The molecule has 0 aliphatic rings. The number of hydrogen-bond acceptors (Lipinski definition) is 2. The van der Waals surface area contributed by atoms with E-state index in [-0.39, 0.29) is 5.78 Å². The molecule has 0 amide bonds. The van der Waals surface area contributed by atoms with Crippen molar-refractivity contribution in [1.82, 2.24) is 9.78 Å². The smallest absolute Gasteiger partial charge is 0.203 e. The van der Waals surface area contributed by atoms with E-state index < -0.39 is 0 Å². The minimum Gasteiger partial charge on any atom is -0.288 e. The molecule has 12 heavy (non-hydrogen) atoms. The zero-order chi connectivity index (χ0) is 9.14. The highest BCUT2D eigenvalue weighted by atomic mass is 16.1. The number of nitrogens with zero attached hydrogens (tertiary/aromatic N) is 2. The third kappa shape index (κ3) is 1.81. The van der Waals surface area contributed by atoms with Gasteiger partial charge in [0.05, 0.1) is 0 Å². The number of ketones is 1. The fourth-order valence-electron chi connectivity index (χ4n) is 0.952. The summed E-state index contributed by atoms with van der Waals surface area (Å²) in [6.45, 7) is 3.79. The van der Waals surface area contributed by atoms with Crippen molar-refractivity contribution in [3.63, 3.8) is 0 Å². The number of carbonyl (C=O) groups excluding carboxylic acids is 1. The number of aromatic nitrogens is 2. The van der Waals surface area contributed by atoms with Crippen LogP contribution >= 0.6 is 0 Å². The summed E-state index contributed by atoms with van der Waals surface area (Å²) in [7, 11) is 1.76. The van der Waals surface area contributed by atoms with Gasteiger partial charge in [-0.25, -0.2) is 0 Å². The van der Waals surface area contributed by atoms with E-state index in [4.69, 9.17) is 0 Å². The van der Waals surface area contributed by atoms with Crippen LogP contribution in [0, 0.1) is 0 Å². The quantitative estimate of drug-likeness (QED) is 0.491. The molecule has 3 nitrogen and oxygen atoms in total. The summed E-state index contributed by atoms with van der Waals surface area (Å²) in [5.41, 5.74) is 1.62. The monoisotopic (exact) mass is 164 g/mol. The Hall–Kier alpha value is -1.38. The van der Waals surface area contributed by atoms with Gasteiger partial charge in [-0.2, -0.15) is 5.10 Å². The van der Waals surface area contributed by atoms with E-state index >= 15 is 0 Å². The molecule has 1 rings (SSSR count). The highest BCUT2D eigenvalue weighted by Gasteiger charge is 2.05. The maximum absolute atomic E-state index is 11.4. The van der Waals surface area contributed by atoms with Crippen LogP contribution in [0.15, 0.2) is 23.9 Å². The summed E-state index contributed by atoms with van der Waals surface area (Å²) >= 11 is 0. The molecule has 0 atom stereocenters. The Morgan fingerprint density at radius 3 is 2.67 bits per heavy atom. The lowest BCUT2D eigenvalue weighted by atomic mass is 10.2. The molecule has 0 fully saturated rings. The van der Waals surface area contributed by atoms with E-state index in [1.165, 1.54) is 0 Å². The molecule has 0 saturated heterocycles. The van der Waals surface area contributed by atoms with Gasteiger partial charge in [0.15, 0.2) is 0 Å². The lowest BCUT2D eigenvalue weighted by Gasteiger charge is -1.95. The number of rotatable bonds is 2. The van der Waals surface area contributed by atoms with Gasteiger partial charge in [-0.15, -0.1) is 0 Å². The van der Waals surface area contributed by atoms with Crippen LogP contribution in [0.3, 0.4) is 0 Å². The van der Waals surface area contributed by atoms with E-state index in [2.05, 4.69) is 5.10 Å². The normalized spacial score (nSPS) is 9.58. The van der Waals surface area contributed by atoms with Crippen LogP contribution in [0.4, 0.5) is 0 Å². The molecule has 0 radical (unpaired) electrons. The molecule has 0 saturated carbocycles. The molecular weight excluding hydrogens is 152 g/mol. The van der Waals surface area contributed by atoms with Crippen LogP contribution in [0.5, 0.6) is 0 Å². The van der Waals surface area contributed by atoms with Crippen molar-refractivity contribution in [1.29, 1.82) is 0 Å². The van der Waals surface area contributed by atoms with Crippen molar-refractivity contribution in [2.24, 2.45) is 7.05 Å². The molecule has 0 aliphatic carbocycles. The summed E-state index contributed by atoms with van der Waals surface area (Å²) in [5.74, 6) is 0.00926. The Labute approximate surface area is 71.7 Å². The third-order valence-electron chi connectivity index (χ3n) is 1.49. The van der Waals surface area contributed by atoms with Crippen LogP contribution in [-0.2, 0) is 7.05 Å². The highest BCUT2D eigenvalue weighted by Crippen LogP contribution is 2.01. The van der Waals surface area contributed by atoms with E-state index in [0.717, 1.165) is 5.57 Å². The van der Waals surface area contributed by atoms with Crippen molar-refractivity contribution in [2.45, 2.75) is 13.8 Å².